The summed E-state index contributed by atoms with van der Waals surface area (Å²) >= 11 is 0. The van der Waals surface area contributed by atoms with Crippen molar-refractivity contribution in [3.63, 3.8) is 0 Å². The second kappa shape index (κ2) is 6.38. The van der Waals surface area contributed by atoms with Crippen LogP contribution < -0.4 is 5.32 Å². The van der Waals surface area contributed by atoms with E-state index in [1.165, 1.54) is 0 Å². The fraction of sp³-hybridized carbons (Fsp3) is 0.750. The molecule has 0 heterocycles. The minimum absolute atomic E-state index is 0.711. The van der Waals surface area contributed by atoms with Gasteiger partial charge in [0.25, 0.3) is 0 Å². The Morgan fingerprint density at radius 2 is 1.69 bits per heavy atom. The lowest BCUT2D eigenvalue weighted by molar-refractivity contribution is -0.151. The zero-order valence-electron chi connectivity index (χ0n) is 8.57. The number of rotatable bonds is 6. The zero-order valence-corrected chi connectivity index (χ0v) is 8.57. The molecule has 0 aliphatic rings. The molecule has 0 aromatic carbocycles. The van der Waals surface area contributed by atoms with Gasteiger partial charge in [-0.2, -0.15) is 0 Å². The van der Waals surface area contributed by atoms with Crippen molar-refractivity contribution in [2.45, 2.75) is 31.3 Å². The number of carbonyl (C=O) groups is 2. The van der Waals surface area contributed by atoms with Crippen molar-refractivity contribution >= 4 is 11.9 Å². The highest BCUT2D eigenvalue weighted by Crippen LogP contribution is 2.05. The van der Waals surface area contributed by atoms with Crippen LogP contribution in [0.4, 0.5) is 0 Å². The molecule has 0 saturated carbocycles. The Labute approximate surface area is 91.1 Å². The lowest BCUT2D eigenvalue weighted by Gasteiger charge is -2.26. The van der Waals surface area contributed by atoms with Crippen LogP contribution in [-0.2, 0) is 9.59 Å². The predicted octanol–water partition coefficient (Wildman–Crippen LogP) is -3.35. The molecule has 0 aliphatic carbocycles. The third-order valence-electron chi connectivity index (χ3n) is 1.90. The quantitative estimate of drug-likeness (QED) is 0.283. The van der Waals surface area contributed by atoms with Gasteiger partial charge < -0.3 is 30.8 Å². The highest BCUT2D eigenvalue weighted by atomic mass is 16.4. The van der Waals surface area contributed by atoms with Gasteiger partial charge in [0.1, 0.15) is 18.3 Å². The molecule has 16 heavy (non-hydrogen) atoms. The highest BCUT2D eigenvalue weighted by molar-refractivity contribution is 5.82. The summed E-state index contributed by atoms with van der Waals surface area (Å²) in [5.74, 6) is -2.27. The molecule has 0 rings (SSSR count). The number of amides is 1. The van der Waals surface area contributed by atoms with Gasteiger partial charge in [0.05, 0.1) is 6.61 Å². The van der Waals surface area contributed by atoms with E-state index >= 15 is 0 Å². The van der Waals surface area contributed by atoms with Crippen LogP contribution in [0.2, 0.25) is 0 Å². The van der Waals surface area contributed by atoms with Gasteiger partial charge in [-0.1, -0.05) is 0 Å². The van der Waals surface area contributed by atoms with Crippen LogP contribution in [0.15, 0.2) is 0 Å². The number of carboxylic acids is 1. The fourth-order valence-corrected chi connectivity index (χ4v) is 1.04. The normalized spacial score (nSPS) is 18.3. The maximum Gasteiger partial charge on any atom is 0.329 e. The van der Waals surface area contributed by atoms with Gasteiger partial charge >= 0.3 is 5.97 Å². The van der Waals surface area contributed by atoms with Crippen LogP contribution in [0.3, 0.4) is 0 Å². The number of carbonyl (C=O) groups excluding carboxylic acids is 1. The van der Waals surface area contributed by atoms with E-state index in [0.717, 1.165) is 6.92 Å². The lowest BCUT2D eigenvalue weighted by atomic mass is 10.0. The predicted molar refractivity (Wildman–Crippen MR) is 50.3 cm³/mol. The van der Waals surface area contributed by atoms with Gasteiger partial charge in [-0.25, -0.2) is 4.79 Å². The summed E-state index contributed by atoms with van der Waals surface area (Å²) in [7, 11) is 0. The molecule has 0 aromatic rings. The summed E-state index contributed by atoms with van der Waals surface area (Å²) in [5.41, 5.74) is 0. The summed E-state index contributed by atoms with van der Waals surface area (Å²) in [5, 5.41) is 46.7. The molecular formula is C8H15NO7. The van der Waals surface area contributed by atoms with Crippen LogP contribution in [-0.4, -0.2) is 68.4 Å². The minimum Gasteiger partial charge on any atom is -0.480 e. The van der Waals surface area contributed by atoms with E-state index in [-0.39, 0.29) is 0 Å². The first-order valence-electron chi connectivity index (χ1n) is 4.46. The average molecular weight is 237 g/mol. The van der Waals surface area contributed by atoms with E-state index in [4.69, 9.17) is 15.3 Å². The number of nitrogens with one attached hydrogen (secondary N) is 1. The molecule has 0 aromatic heterocycles. The molecule has 4 atom stereocenters. The third-order valence-corrected chi connectivity index (χ3v) is 1.90. The first kappa shape index (κ1) is 14.8. The van der Waals surface area contributed by atoms with E-state index in [0.29, 0.717) is 0 Å². The fourth-order valence-electron chi connectivity index (χ4n) is 1.04. The zero-order chi connectivity index (χ0) is 12.9. The van der Waals surface area contributed by atoms with Crippen molar-refractivity contribution in [3.8, 4) is 0 Å². The maximum atomic E-state index is 10.7. The Morgan fingerprint density at radius 3 is 2.00 bits per heavy atom. The Kier molecular flexibility index (Phi) is 5.89. The molecule has 8 heteroatoms. The molecular weight excluding hydrogens is 222 g/mol. The molecule has 0 fully saturated rings. The number of aliphatic carboxylic acids is 1. The van der Waals surface area contributed by atoms with E-state index in [1.807, 2.05) is 5.32 Å². The smallest absolute Gasteiger partial charge is 0.329 e. The van der Waals surface area contributed by atoms with E-state index < -0.39 is 42.8 Å². The van der Waals surface area contributed by atoms with Gasteiger partial charge in [-0.3, -0.25) is 4.79 Å². The largest absolute Gasteiger partial charge is 0.480 e. The van der Waals surface area contributed by atoms with Gasteiger partial charge in [0.15, 0.2) is 6.04 Å². The van der Waals surface area contributed by atoms with Gasteiger partial charge in [-0.05, 0) is 0 Å². The topological polar surface area (TPSA) is 147 Å². The molecule has 0 aliphatic heterocycles. The number of aliphatic hydroxyl groups excluding tert-OH is 4. The molecule has 6 N–H and O–H groups in total. The van der Waals surface area contributed by atoms with Crippen molar-refractivity contribution in [1.29, 1.82) is 0 Å². The van der Waals surface area contributed by atoms with E-state index in [9.17, 15) is 19.8 Å². The Hall–Kier alpha value is -1.22. The number of carboxylic acid groups (broad SMARTS) is 1. The van der Waals surface area contributed by atoms with Gasteiger partial charge in [0, 0.05) is 6.92 Å². The summed E-state index contributed by atoms with van der Waals surface area (Å²) in [6, 6.07) is -1.76. The summed E-state index contributed by atoms with van der Waals surface area (Å²) in [6.45, 7) is 0.197. The van der Waals surface area contributed by atoms with Crippen LogP contribution in [0, 0.1) is 0 Å². The molecule has 1 amide bonds. The Morgan fingerprint density at radius 1 is 1.19 bits per heavy atom. The van der Waals surface area contributed by atoms with Crippen LogP contribution in [0.1, 0.15) is 6.92 Å². The van der Waals surface area contributed by atoms with Crippen molar-refractivity contribution < 1.29 is 35.1 Å². The number of hydrogen-bond donors (Lipinski definition) is 6. The van der Waals surface area contributed by atoms with Crippen LogP contribution in [0.25, 0.3) is 0 Å². The SMILES string of the molecule is CC(=O)N[C@@H](C(=O)O)[C@H](O)[C@@H](O)[C@H](O)CO. The lowest BCUT2D eigenvalue weighted by Crippen LogP contribution is -2.55. The maximum absolute atomic E-state index is 10.7. The molecule has 94 valence electrons. The van der Waals surface area contributed by atoms with Crippen LogP contribution in [0.5, 0.6) is 0 Å². The Balaban J connectivity index is 4.66. The summed E-state index contributed by atoms with van der Waals surface area (Å²) in [4.78, 5) is 21.3. The number of hydrogen-bond acceptors (Lipinski definition) is 6. The first-order valence-corrected chi connectivity index (χ1v) is 4.46. The third kappa shape index (κ3) is 4.11. The second-order valence-corrected chi connectivity index (χ2v) is 3.25. The highest BCUT2D eigenvalue weighted by Gasteiger charge is 2.35. The van der Waals surface area contributed by atoms with Crippen molar-refractivity contribution in [2.24, 2.45) is 0 Å². The van der Waals surface area contributed by atoms with E-state index in [1.54, 1.807) is 0 Å². The molecule has 0 unspecified atom stereocenters. The summed E-state index contributed by atoms with van der Waals surface area (Å²) in [6.07, 6.45) is -5.49. The van der Waals surface area contributed by atoms with Gasteiger partial charge in [-0.15, -0.1) is 0 Å². The second-order valence-electron chi connectivity index (χ2n) is 3.25. The van der Waals surface area contributed by atoms with Crippen molar-refractivity contribution in [1.82, 2.24) is 5.32 Å². The average Bonchev–Trinajstić information content (AvgIpc) is 2.22. The van der Waals surface area contributed by atoms with Gasteiger partial charge in [0.2, 0.25) is 5.91 Å². The molecule has 0 radical (unpaired) electrons. The standard InChI is InChI=1S/C8H15NO7/c1-3(11)9-5(8(15)16)7(14)6(13)4(12)2-10/h4-7,10,12-14H,2H2,1H3,(H,9,11)(H,15,16)/t4-,5-,6+,7+/m1/s1. The molecule has 0 saturated heterocycles. The number of aliphatic hydroxyl groups is 4. The Bertz CT molecular complexity index is 257. The minimum atomic E-state index is -1.93. The monoisotopic (exact) mass is 237 g/mol. The first-order chi connectivity index (χ1) is 7.31. The molecule has 0 spiro atoms. The van der Waals surface area contributed by atoms with Crippen molar-refractivity contribution in [3.05, 3.63) is 0 Å². The van der Waals surface area contributed by atoms with E-state index in [2.05, 4.69) is 0 Å². The van der Waals surface area contributed by atoms with Crippen LogP contribution >= 0.6 is 0 Å². The van der Waals surface area contributed by atoms with Crippen molar-refractivity contribution in [2.75, 3.05) is 6.61 Å². The molecule has 0 bridgehead atoms. The summed E-state index contributed by atoms with van der Waals surface area (Å²) < 4.78 is 0. The molecule has 8 nitrogen and oxygen atoms in total.